The molecule has 3 unspecified atom stereocenters. The lowest BCUT2D eigenvalue weighted by Gasteiger charge is -2.35. The normalized spacial score (nSPS) is 23.9. The third kappa shape index (κ3) is 5.89. The van der Waals surface area contributed by atoms with Gasteiger partial charge in [-0.15, -0.1) is 0 Å². The molecule has 1 amide bonds. The van der Waals surface area contributed by atoms with E-state index in [4.69, 9.17) is 4.74 Å². The minimum Gasteiger partial charge on any atom is -0.383 e. The quantitative estimate of drug-likeness (QED) is 0.661. The van der Waals surface area contributed by atoms with E-state index in [9.17, 15) is 4.79 Å². The van der Waals surface area contributed by atoms with E-state index < -0.39 is 0 Å². The van der Waals surface area contributed by atoms with Crippen LogP contribution in [-0.4, -0.2) is 63.3 Å². The number of rotatable bonds is 7. The number of nitrogens with one attached hydrogen (secondary N) is 2. The van der Waals surface area contributed by atoms with Gasteiger partial charge < -0.3 is 20.3 Å². The maximum absolute atomic E-state index is 11.9. The van der Waals surface area contributed by atoms with Crippen LogP contribution >= 0.6 is 0 Å². The zero-order valence-electron chi connectivity index (χ0n) is 12.7. The fourth-order valence-corrected chi connectivity index (χ4v) is 2.65. The van der Waals surface area contributed by atoms with Crippen LogP contribution in [0, 0.1) is 5.92 Å². The van der Waals surface area contributed by atoms with Crippen molar-refractivity contribution in [2.75, 3.05) is 40.4 Å². The Labute approximate surface area is 117 Å². The van der Waals surface area contributed by atoms with E-state index in [1.807, 2.05) is 6.92 Å². The smallest absolute Gasteiger partial charge is 0.236 e. The van der Waals surface area contributed by atoms with Crippen molar-refractivity contribution in [2.45, 2.75) is 38.8 Å². The summed E-state index contributed by atoms with van der Waals surface area (Å²) < 4.78 is 4.92. The standard InChI is InChI=1S/C14H29N3O2/c1-11(13-6-5-8-17(3)10-13)16-12(2)14(18)15-7-9-19-4/h11-13,16H,5-10H2,1-4H3,(H,15,18). The Morgan fingerprint density at radius 2 is 2.21 bits per heavy atom. The maximum Gasteiger partial charge on any atom is 0.236 e. The first-order valence-electron chi connectivity index (χ1n) is 7.25. The van der Waals surface area contributed by atoms with Crippen LogP contribution < -0.4 is 10.6 Å². The molecule has 1 saturated heterocycles. The average Bonchev–Trinajstić information content (AvgIpc) is 2.38. The molecular weight excluding hydrogens is 242 g/mol. The van der Waals surface area contributed by atoms with Crippen molar-refractivity contribution < 1.29 is 9.53 Å². The molecule has 1 aliphatic heterocycles. The van der Waals surface area contributed by atoms with Gasteiger partial charge in [-0.05, 0) is 46.2 Å². The van der Waals surface area contributed by atoms with E-state index in [1.165, 1.54) is 19.4 Å². The molecule has 0 aliphatic carbocycles. The molecule has 0 saturated carbocycles. The van der Waals surface area contributed by atoms with Crippen LogP contribution in [0.25, 0.3) is 0 Å². The third-order valence-corrected chi connectivity index (χ3v) is 3.88. The number of hydrogen-bond acceptors (Lipinski definition) is 4. The van der Waals surface area contributed by atoms with Gasteiger partial charge in [-0.2, -0.15) is 0 Å². The minimum atomic E-state index is -0.154. The van der Waals surface area contributed by atoms with Crippen molar-refractivity contribution in [3.63, 3.8) is 0 Å². The molecule has 2 N–H and O–H groups in total. The maximum atomic E-state index is 11.9. The third-order valence-electron chi connectivity index (χ3n) is 3.88. The van der Waals surface area contributed by atoms with Gasteiger partial charge in [0.25, 0.3) is 0 Å². The summed E-state index contributed by atoms with van der Waals surface area (Å²) in [6, 6.07) is 0.213. The second-order valence-electron chi connectivity index (χ2n) is 5.63. The first-order valence-corrected chi connectivity index (χ1v) is 7.25. The topological polar surface area (TPSA) is 53.6 Å². The highest BCUT2D eigenvalue weighted by molar-refractivity contribution is 5.81. The molecule has 112 valence electrons. The monoisotopic (exact) mass is 271 g/mol. The molecule has 0 aromatic heterocycles. The molecule has 0 aromatic rings. The molecule has 5 nitrogen and oxygen atoms in total. The first-order chi connectivity index (χ1) is 9.04. The number of amides is 1. The molecule has 1 fully saturated rings. The number of likely N-dealkylation sites (tertiary alicyclic amines) is 1. The largest absolute Gasteiger partial charge is 0.383 e. The van der Waals surface area contributed by atoms with Crippen LogP contribution in [0.4, 0.5) is 0 Å². The fourth-order valence-electron chi connectivity index (χ4n) is 2.65. The van der Waals surface area contributed by atoms with Crippen molar-refractivity contribution in [3.05, 3.63) is 0 Å². The molecule has 1 aliphatic rings. The van der Waals surface area contributed by atoms with Crippen LogP contribution in [0.15, 0.2) is 0 Å². The van der Waals surface area contributed by atoms with Crippen LogP contribution in [0.2, 0.25) is 0 Å². The van der Waals surface area contributed by atoms with E-state index in [2.05, 4.69) is 29.5 Å². The van der Waals surface area contributed by atoms with Crippen molar-refractivity contribution in [2.24, 2.45) is 5.92 Å². The van der Waals surface area contributed by atoms with Gasteiger partial charge in [-0.3, -0.25) is 4.79 Å². The molecule has 1 heterocycles. The molecule has 3 atom stereocenters. The number of hydrogen-bond donors (Lipinski definition) is 2. The Hall–Kier alpha value is -0.650. The first kappa shape index (κ1) is 16.4. The number of methoxy groups -OCH3 is 1. The van der Waals surface area contributed by atoms with E-state index >= 15 is 0 Å². The summed E-state index contributed by atoms with van der Waals surface area (Å²) in [6.45, 7) is 7.54. The SMILES string of the molecule is COCCNC(=O)C(C)NC(C)C1CCCN(C)C1. The molecule has 0 radical (unpaired) electrons. The summed E-state index contributed by atoms with van der Waals surface area (Å²) in [6.07, 6.45) is 2.50. The van der Waals surface area contributed by atoms with Gasteiger partial charge >= 0.3 is 0 Å². The lowest BCUT2D eigenvalue weighted by Crippen LogP contribution is -2.51. The zero-order chi connectivity index (χ0) is 14.3. The van der Waals surface area contributed by atoms with Crippen LogP contribution in [-0.2, 0) is 9.53 Å². The summed E-state index contributed by atoms with van der Waals surface area (Å²) >= 11 is 0. The highest BCUT2D eigenvalue weighted by Gasteiger charge is 2.25. The average molecular weight is 271 g/mol. The van der Waals surface area contributed by atoms with Crippen molar-refractivity contribution in [3.8, 4) is 0 Å². The Morgan fingerprint density at radius 1 is 1.47 bits per heavy atom. The summed E-state index contributed by atoms with van der Waals surface area (Å²) in [5.41, 5.74) is 0. The van der Waals surface area contributed by atoms with Crippen molar-refractivity contribution in [1.82, 2.24) is 15.5 Å². The molecule has 1 rings (SSSR count). The van der Waals surface area contributed by atoms with E-state index in [-0.39, 0.29) is 11.9 Å². The summed E-state index contributed by atoms with van der Waals surface area (Å²) in [4.78, 5) is 14.2. The second-order valence-corrected chi connectivity index (χ2v) is 5.63. The minimum absolute atomic E-state index is 0.0491. The molecular formula is C14H29N3O2. The number of carbonyl (C=O) groups excluding carboxylic acids is 1. The van der Waals surface area contributed by atoms with Gasteiger partial charge in [0.15, 0.2) is 0 Å². The lowest BCUT2D eigenvalue weighted by molar-refractivity contribution is -0.123. The lowest BCUT2D eigenvalue weighted by atomic mass is 9.91. The Morgan fingerprint density at radius 3 is 2.84 bits per heavy atom. The van der Waals surface area contributed by atoms with Crippen LogP contribution in [0.5, 0.6) is 0 Å². The zero-order valence-corrected chi connectivity index (χ0v) is 12.7. The Bertz CT molecular complexity index is 273. The van der Waals surface area contributed by atoms with Crippen LogP contribution in [0.1, 0.15) is 26.7 Å². The number of ether oxygens (including phenoxy) is 1. The molecule has 0 spiro atoms. The van der Waals surface area contributed by atoms with Gasteiger partial charge in [0.05, 0.1) is 12.6 Å². The van der Waals surface area contributed by atoms with Gasteiger partial charge in [-0.1, -0.05) is 0 Å². The van der Waals surface area contributed by atoms with E-state index in [0.29, 0.717) is 25.1 Å². The molecule has 0 aromatic carbocycles. The Kier molecular flexibility index (Phi) is 7.34. The van der Waals surface area contributed by atoms with E-state index in [0.717, 1.165) is 6.54 Å². The number of nitrogens with zero attached hydrogens (tertiary/aromatic N) is 1. The summed E-state index contributed by atoms with van der Waals surface area (Å²) in [7, 11) is 3.80. The number of piperidine rings is 1. The fraction of sp³-hybridized carbons (Fsp3) is 0.929. The van der Waals surface area contributed by atoms with Gasteiger partial charge in [0.2, 0.25) is 5.91 Å². The van der Waals surface area contributed by atoms with Gasteiger partial charge in [-0.25, -0.2) is 0 Å². The van der Waals surface area contributed by atoms with Crippen molar-refractivity contribution in [1.29, 1.82) is 0 Å². The van der Waals surface area contributed by atoms with Crippen molar-refractivity contribution >= 4 is 5.91 Å². The molecule has 5 heteroatoms. The highest BCUT2D eigenvalue weighted by Crippen LogP contribution is 2.18. The highest BCUT2D eigenvalue weighted by atomic mass is 16.5. The summed E-state index contributed by atoms with van der Waals surface area (Å²) in [5, 5.41) is 6.28. The predicted octanol–water partition coefficient (Wildman–Crippen LogP) is 0.457. The number of carbonyl (C=O) groups is 1. The van der Waals surface area contributed by atoms with Gasteiger partial charge in [0, 0.05) is 26.2 Å². The van der Waals surface area contributed by atoms with Gasteiger partial charge in [0.1, 0.15) is 0 Å². The second kappa shape index (κ2) is 8.51. The predicted molar refractivity (Wildman–Crippen MR) is 77.2 cm³/mol. The Balaban J connectivity index is 2.29. The van der Waals surface area contributed by atoms with Crippen LogP contribution in [0.3, 0.4) is 0 Å². The molecule has 19 heavy (non-hydrogen) atoms. The molecule has 0 bridgehead atoms. The summed E-state index contributed by atoms with van der Waals surface area (Å²) in [5.74, 6) is 0.682. The van der Waals surface area contributed by atoms with E-state index in [1.54, 1.807) is 7.11 Å².